The molecule has 0 aliphatic carbocycles. The van der Waals surface area contributed by atoms with Gasteiger partial charge >= 0.3 is 0 Å². The first-order chi connectivity index (χ1) is 8.08. The summed E-state index contributed by atoms with van der Waals surface area (Å²) in [6, 6.07) is 0. The molecule has 2 saturated heterocycles. The number of piperidine rings is 1. The number of hydrogen-bond donors (Lipinski definition) is 1. The van der Waals surface area contributed by atoms with Crippen molar-refractivity contribution >= 4 is 5.91 Å². The number of nitrogens with zero attached hydrogens (tertiary/aromatic N) is 1. The zero-order valence-electron chi connectivity index (χ0n) is 10.1. The van der Waals surface area contributed by atoms with Crippen LogP contribution in [0.1, 0.15) is 32.1 Å². The van der Waals surface area contributed by atoms with Crippen LogP contribution in [-0.2, 0) is 4.79 Å². The fourth-order valence-corrected chi connectivity index (χ4v) is 2.66. The Morgan fingerprint density at radius 1 is 1.18 bits per heavy atom. The van der Waals surface area contributed by atoms with Gasteiger partial charge in [0.2, 0.25) is 5.91 Å². The maximum Gasteiger partial charge on any atom is 0.261 e. The summed E-state index contributed by atoms with van der Waals surface area (Å²) >= 11 is 0. The summed E-state index contributed by atoms with van der Waals surface area (Å²) in [6.45, 7) is 1.57. The summed E-state index contributed by atoms with van der Waals surface area (Å²) in [4.78, 5) is 13.9. The third-order valence-electron chi connectivity index (χ3n) is 3.59. The Balaban J connectivity index is 1.93. The number of rotatable bonds is 1. The molecule has 17 heavy (non-hydrogen) atoms. The fourth-order valence-electron chi connectivity index (χ4n) is 2.66. The average molecular weight is 246 g/mol. The lowest BCUT2D eigenvalue weighted by atomic mass is 9.95. The smallest absolute Gasteiger partial charge is 0.261 e. The van der Waals surface area contributed by atoms with Gasteiger partial charge in [0.05, 0.1) is 12.5 Å². The van der Waals surface area contributed by atoms with Gasteiger partial charge in [0, 0.05) is 26.1 Å². The van der Waals surface area contributed by atoms with Crippen LogP contribution in [-0.4, -0.2) is 42.9 Å². The van der Waals surface area contributed by atoms with Crippen LogP contribution < -0.4 is 5.32 Å². The maximum atomic E-state index is 13.2. The first-order valence-electron chi connectivity index (χ1n) is 6.46. The number of halogens is 2. The van der Waals surface area contributed by atoms with E-state index in [0.29, 0.717) is 6.54 Å². The van der Waals surface area contributed by atoms with E-state index >= 15 is 0 Å². The second kappa shape index (κ2) is 5.29. The third kappa shape index (κ3) is 3.37. The normalized spacial score (nSPS) is 29.8. The number of amides is 1. The van der Waals surface area contributed by atoms with Crippen molar-refractivity contribution in [3.8, 4) is 0 Å². The van der Waals surface area contributed by atoms with Gasteiger partial charge in [-0.15, -0.1) is 0 Å². The average Bonchev–Trinajstić information content (AvgIpc) is 2.55. The Bertz CT molecular complexity index is 276. The van der Waals surface area contributed by atoms with Crippen LogP contribution in [0, 0.1) is 5.92 Å². The summed E-state index contributed by atoms with van der Waals surface area (Å²) < 4.78 is 26.5. The molecule has 2 fully saturated rings. The minimum atomic E-state index is -2.73. The van der Waals surface area contributed by atoms with E-state index in [2.05, 4.69) is 5.32 Å². The van der Waals surface area contributed by atoms with Gasteiger partial charge in [-0.25, -0.2) is 8.78 Å². The van der Waals surface area contributed by atoms with Gasteiger partial charge < -0.3 is 10.2 Å². The van der Waals surface area contributed by atoms with Crippen molar-refractivity contribution in [2.45, 2.75) is 38.0 Å². The van der Waals surface area contributed by atoms with Crippen LogP contribution in [0.25, 0.3) is 0 Å². The molecule has 2 heterocycles. The minimum Gasteiger partial charge on any atom is -0.342 e. The summed E-state index contributed by atoms with van der Waals surface area (Å²) in [5, 5.41) is 2.66. The summed E-state index contributed by atoms with van der Waals surface area (Å²) in [6.07, 6.45) is 3.99. The van der Waals surface area contributed by atoms with E-state index in [0.717, 1.165) is 38.8 Å². The molecule has 5 heteroatoms. The molecule has 0 radical (unpaired) electrons. The molecular formula is C12H20F2N2O. The molecule has 98 valence electrons. The van der Waals surface area contributed by atoms with Crippen LogP contribution in [0.4, 0.5) is 8.78 Å². The predicted molar refractivity (Wildman–Crippen MR) is 61.0 cm³/mol. The maximum absolute atomic E-state index is 13.2. The number of likely N-dealkylation sites (tertiary alicyclic amines) is 1. The van der Waals surface area contributed by atoms with Crippen LogP contribution >= 0.6 is 0 Å². The highest BCUT2D eigenvalue weighted by molar-refractivity contribution is 5.79. The van der Waals surface area contributed by atoms with Crippen LogP contribution in [0.2, 0.25) is 0 Å². The van der Waals surface area contributed by atoms with Gasteiger partial charge in [-0.2, -0.15) is 0 Å². The third-order valence-corrected chi connectivity index (χ3v) is 3.59. The number of carbonyl (C=O) groups excluding carboxylic acids is 1. The molecule has 2 aliphatic rings. The van der Waals surface area contributed by atoms with Crippen molar-refractivity contribution in [1.82, 2.24) is 10.2 Å². The molecule has 1 N–H and O–H groups in total. The highest BCUT2D eigenvalue weighted by atomic mass is 19.3. The molecule has 2 aliphatic heterocycles. The van der Waals surface area contributed by atoms with Crippen LogP contribution in [0.15, 0.2) is 0 Å². The molecule has 0 aromatic carbocycles. The summed E-state index contributed by atoms with van der Waals surface area (Å²) in [5.41, 5.74) is 0. The van der Waals surface area contributed by atoms with Crippen LogP contribution in [0.3, 0.4) is 0 Å². The minimum absolute atomic E-state index is 0.0845. The Morgan fingerprint density at radius 2 is 1.82 bits per heavy atom. The molecular weight excluding hydrogens is 226 g/mol. The van der Waals surface area contributed by atoms with E-state index in [9.17, 15) is 13.6 Å². The topological polar surface area (TPSA) is 32.3 Å². The Morgan fingerprint density at radius 3 is 2.41 bits per heavy atom. The highest BCUT2D eigenvalue weighted by Crippen LogP contribution is 2.27. The van der Waals surface area contributed by atoms with Crippen molar-refractivity contribution in [1.29, 1.82) is 0 Å². The quantitative estimate of drug-likeness (QED) is 0.762. The Labute approximate surface area is 101 Å². The highest BCUT2D eigenvalue weighted by Gasteiger charge is 2.40. The first kappa shape index (κ1) is 12.7. The first-order valence-corrected chi connectivity index (χ1v) is 6.46. The van der Waals surface area contributed by atoms with E-state index in [-0.39, 0.29) is 18.9 Å². The van der Waals surface area contributed by atoms with Crippen molar-refractivity contribution in [3.05, 3.63) is 0 Å². The number of alkyl halides is 2. The molecule has 0 bridgehead atoms. The molecule has 1 unspecified atom stereocenters. The SMILES string of the molecule is O=C(C1CNCC(F)(F)C1)N1CCCCCC1. The lowest BCUT2D eigenvalue weighted by molar-refractivity contribution is -0.141. The van der Waals surface area contributed by atoms with Crippen LogP contribution in [0.5, 0.6) is 0 Å². The van der Waals surface area contributed by atoms with Gasteiger partial charge in [0.15, 0.2) is 0 Å². The lowest BCUT2D eigenvalue weighted by Crippen LogP contribution is -2.50. The molecule has 0 aromatic rings. The van der Waals surface area contributed by atoms with Crippen molar-refractivity contribution in [2.75, 3.05) is 26.2 Å². The summed E-state index contributed by atoms with van der Waals surface area (Å²) in [5.74, 6) is -3.36. The van der Waals surface area contributed by atoms with Gasteiger partial charge in [0.1, 0.15) is 0 Å². The van der Waals surface area contributed by atoms with Gasteiger partial charge in [-0.1, -0.05) is 12.8 Å². The molecule has 0 saturated carbocycles. The fraction of sp³-hybridized carbons (Fsp3) is 0.917. The van der Waals surface area contributed by atoms with E-state index in [4.69, 9.17) is 0 Å². The van der Waals surface area contributed by atoms with E-state index < -0.39 is 11.8 Å². The molecule has 1 atom stereocenters. The molecule has 2 rings (SSSR count). The molecule has 0 aromatic heterocycles. The number of hydrogen-bond acceptors (Lipinski definition) is 2. The van der Waals surface area contributed by atoms with Gasteiger partial charge in [0.25, 0.3) is 5.92 Å². The van der Waals surface area contributed by atoms with E-state index in [1.54, 1.807) is 4.90 Å². The lowest BCUT2D eigenvalue weighted by Gasteiger charge is -2.32. The second-order valence-corrected chi connectivity index (χ2v) is 5.13. The Kier molecular flexibility index (Phi) is 3.97. The van der Waals surface area contributed by atoms with E-state index in [1.807, 2.05) is 0 Å². The van der Waals surface area contributed by atoms with Crippen molar-refractivity contribution in [2.24, 2.45) is 5.92 Å². The second-order valence-electron chi connectivity index (χ2n) is 5.13. The van der Waals surface area contributed by atoms with Gasteiger partial charge in [-0.05, 0) is 12.8 Å². The van der Waals surface area contributed by atoms with Crippen molar-refractivity contribution in [3.63, 3.8) is 0 Å². The predicted octanol–water partition coefficient (Wildman–Crippen LogP) is 1.63. The zero-order valence-corrected chi connectivity index (χ0v) is 10.1. The van der Waals surface area contributed by atoms with E-state index in [1.165, 1.54) is 0 Å². The monoisotopic (exact) mass is 246 g/mol. The molecule has 0 spiro atoms. The summed E-state index contributed by atoms with van der Waals surface area (Å²) in [7, 11) is 0. The van der Waals surface area contributed by atoms with Crippen molar-refractivity contribution < 1.29 is 13.6 Å². The Hall–Kier alpha value is -0.710. The standard InChI is InChI=1S/C12H20F2N2O/c13-12(14)7-10(8-15-9-12)11(17)16-5-3-1-2-4-6-16/h10,15H,1-9H2. The molecule has 3 nitrogen and oxygen atoms in total. The molecule has 1 amide bonds. The largest absolute Gasteiger partial charge is 0.342 e. The van der Waals surface area contributed by atoms with Gasteiger partial charge in [-0.3, -0.25) is 4.79 Å². The number of nitrogens with one attached hydrogen (secondary N) is 1. The zero-order chi connectivity index (χ0) is 12.3. The number of carbonyl (C=O) groups is 1.